The highest BCUT2D eigenvalue weighted by molar-refractivity contribution is 7.93. The van der Waals surface area contributed by atoms with Crippen LogP contribution in [0.25, 0.3) is 11.0 Å². The highest BCUT2D eigenvalue weighted by Gasteiger charge is 2.20. The van der Waals surface area contributed by atoms with Crippen LogP contribution in [0.1, 0.15) is 5.56 Å². The molecule has 8 nitrogen and oxygen atoms in total. The molecule has 2 N–H and O–H groups in total. The van der Waals surface area contributed by atoms with Crippen molar-refractivity contribution >= 4 is 42.4 Å². The fourth-order valence-electron chi connectivity index (χ4n) is 3.10. The monoisotopic (exact) mass is 470 g/mol. The van der Waals surface area contributed by atoms with E-state index in [1.807, 2.05) is 0 Å². The van der Waals surface area contributed by atoms with Crippen molar-refractivity contribution in [1.82, 2.24) is 0 Å². The summed E-state index contributed by atoms with van der Waals surface area (Å²) in [5.74, 6) is 0. The molecule has 4 rings (SSSR count). The van der Waals surface area contributed by atoms with E-state index >= 15 is 0 Å². The number of rotatable bonds is 6. The molecule has 0 aliphatic rings. The van der Waals surface area contributed by atoms with Gasteiger partial charge in [0.25, 0.3) is 20.0 Å². The van der Waals surface area contributed by atoms with Crippen LogP contribution >= 0.6 is 0 Å². The fourth-order valence-corrected chi connectivity index (χ4v) is 5.52. The Morgan fingerprint density at radius 3 is 2.19 bits per heavy atom. The Labute approximate surface area is 184 Å². The van der Waals surface area contributed by atoms with Crippen LogP contribution in [0.15, 0.2) is 97.9 Å². The zero-order valence-corrected chi connectivity index (χ0v) is 18.4. The van der Waals surface area contributed by atoms with Crippen molar-refractivity contribution < 1.29 is 21.3 Å². The van der Waals surface area contributed by atoms with Gasteiger partial charge >= 0.3 is 5.63 Å². The van der Waals surface area contributed by atoms with Crippen LogP contribution in [0.4, 0.5) is 11.4 Å². The molecule has 0 amide bonds. The van der Waals surface area contributed by atoms with Crippen molar-refractivity contribution in [2.45, 2.75) is 16.7 Å². The first kappa shape index (κ1) is 21.6. The van der Waals surface area contributed by atoms with E-state index in [-0.39, 0.29) is 21.1 Å². The van der Waals surface area contributed by atoms with Gasteiger partial charge in [-0.1, -0.05) is 24.3 Å². The molecule has 10 heteroatoms. The molecule has 4 aromatic rings. The van der Waals surface area contributed by atoms with E-state index in [1.165, 1.54) is 48.5 Å². The second-order valence-electron chi connectivity index (χ2n) is 7.01. The van der Waals surface area contributed by atoms with Gasteiger partial charge in [0, 0.05) is 17.1 Å². The Hall–Kier alpha value is -3.63. The predicted molar refractivity (Wildman–Crippen MR) is 122 cm³/mol. The van der Waals surface area contributed by atoms with Crippen molar-refractivity contribution in [1.29, 1.82) is 0 Å². The number of benzene rings is 3. The maximum absolute atomic E-state index is 12.9. The number of hydrogen-bond acceptors (Lipinski definition) is 6. The Kier molecular flexibility index (Phi) is 5.49. The lowest BCUT2D eigenvalue weighted by Crippen LogP contribution is -2.16. The molecule has 0 spiro atoms. The average molecular weight is 471 g/mol. The van der Waals surface area contributed by atoms with Gasteiger partial charge in [-0.25, -0.2) is 21.6 Å². The maximum atomic E-state index is 12.9. The standard InChI is InChI=1S/C22H18N2O6S2/c1-15-7-9-18(14-21(15)32(28,29)23-17-5-3-2-4-6-17)24-31(26,27)19-10-11-20-16(13-19)8-12-22(25)30-20/h2-14,23-24H,1H3. The third-order valence-electron chi connectivity index (χ3n) is 4.66. The molecule has 0 aliphatic carbocycles. The van der Waals surface area contributed by atoms with Crippen LogP contribution in [-0.4, -0.2) is 16.8 Å². The molecule has 0 saturated carbocycles. The van der Waals surface area contributed by atoms with Gasteiger partial charge in [0.05, 0.1) is 15.5 Å². The van der Waals surface area contributed by atoms with Gasteiger partial charge < -0.3 is 4.42 Å². The third-order valence-corrected chi connectivity index (χ3v) is 7.56. The van der Waals surface area contributed by atoms with E-state index in [4.69, 9.17) is 4.42 Å². The topological polar surface area (TPSA) is 123 Å². The first-order valence-corrected chi connectivity index (χ1v) is 12.4. The minimum absolute atomic E-state index is 0.0539. The minimum atomic E-state index is -4.03. The van der Waals surface area contributed by atoms with E-state index in [1.54, 1.807) is 37.3 Å². The van der Waals surface area contributed by atoms with Crippen molar-refractivity contribution in [3.8, 4) is 0 Å². The van der Waals surface area contributed by atoms with Crippen LogP contribution in [0.2, 0.25) is 0 Å². The van der Waals surface area contributed by atoms with E-state index in [9.17, 15) is 21.6 Å². The summed E-state index contributed by atoms with van der Waals surface area (Å²) in [6.45, 7) is 1.62. The van der Waals surface area contributed by atoms with Crippen molar-refractivity contribution in [3.63, 3.8) is 0 Å². The maximum Gasteiger partial charge on any atom is 0.336 e. The first-order chi connectivity index (χ1) is 15.1. The van der Waals surface area contributed by atoms with Crippen LogP contribution in [-0.2, 0) is 20.0 Å². The molecule has 0 radical (unpaired) electrons. The normalized spacial score (nSPS) is 11.9. The number of aryl methyl sites for hydroxylation is 1. The van der Waals surface area contributed by atoms with E-state index in [0.717, 1.165) is 0 Å². The summed E-state index contributed by atoms with van der Waals surface area (Å²) >= 11 is 0. The summed E-state index contributed by atoms with van der Waals surface area (Å²) in [7, 11) is -7.98. The molecule has 3 aromatic carbocycles. The summed E-state index contributed by atoms with van der Waals surface area (Å²) in [5, 5.41) is 0.437. The molecule has 164 valence electrons. The number of para-hydroxylation sites is 1. The van der Waals surface area contributed by atoms with Crippen LogP contribution < -0.4 is 15.1 Å². The van der Waals surface area contributed by atoms with Gasteiger partial charge in [-0.2, -0.15) is 0 Å². The third kappa shape index (κ3) is 4.51. The molecule has 1 aromatic heterocycles. The molecular formula is C22H18N2O6S2. The smallest absolute Gasteiger partial charge is 0.336 e. The first-order valence-electron chi connectivity index (χ1n) is 9.39. The molecule has 0 fully saturated rings. The summed E-state index contributed by atoms with van der Waals surface area (Å²) in [4.78, 5) is 11.2. The van der Waals surface area contributed by atoms with Crippen LogP contribution in [0.3, 0.4) is 0 Å². The average Bonchev–Trinajstić information content (AvgIpc) is 2.75. The minimum Gasteiger partial charge on any atom is -0.423 e. The highest BCUT2D eigenvalue weighted by atomic mass is 32.2. The van der Waals surface area contributed by atoms with Gasteiger partial charge in [-0.05, 0) is 61.0 Å². The van der Waals surface area contributed by atoms with Gasteiger partial charge in [0.15, 0.2) is 0 Å². The number of hydrogen-bond donors (Lipinski definition) is 2. The van der Waals surface area contributed by atoms with E-state index < -0.39 is 25.7 Å². The summed E-state index contributed by atoms with van der Waals surface area (Å²) < 4.78 is 61.4. The SMILES string of the molecule is Cc1ccc(NS(=O)(=O)c2ccc3oc(=O)ccc3c2)cc1S(=O)(=O)Nc1ccccc1. The Balaban J connectivity index is 1.66. The van der Waals surface area contributed by atoms with Gasteiger partial charge in [0.1, 0.15) is 5.58 Å². The Morgan fingerprint density at radius 1 is 0.719 bits per heavy atom. The Bertz CT molecular complexity index is 1580. The molecular weight excluding hydrogens is 452 g/mol. The molecule has 0 saturated heterocycles. The molecule has 0 aliphatic heterocycles. The molecule has 1 heterocycles. The second kappa shape index (κ2) is 8.13. The number of sulfonamides is 2. The fraction of sp³-hybridized carbons (Fsp3) is 0.0455. The lowest BCUT2D eigenvalue weighted by atomic mass is 10.2. The molecule has 32 heavy (non-hydrogen) atoms. The quantitative estimate of drug-likeness (QED) is 0.414. The second-order valence-corrected chi connectivity index (χ2v) is 10.3. The lowest BCUT2D eigenvalue weighted by molar-refractivity contribution is 0.560. The lowest BCUT2D eigenvalue weighted by Gasteiger charge is -2.13. The largest absolute Gasteiger partial charge is 0.423 e. The van der Waals surface area contributed by atoms with Gasteiger partial charge in [0.2, 0.25) is 0 Å². The highest BCUT2D eigenvalue weighted by Crippen LogP contribution is 2.25. The van der Waals surface area contributed by atoms with Crippen molar-refractivity contribution in [2.75, 3.05) is 9.44 Å². The zero-order chi connectivity index (χ0) is 22.9. The van der Waals surface area contributed by atoms with Crippen molar-refractivity contribution in [3.05, 3.63) is 94.8 Å². The van der Waals surface area contributed by atoms with Crippen LogP contribution in [0, 0.1) is 6.92 Å². The predicted octanol–water partition coefficient (Wildman–Crippen LogP) is 3.70. The molecule has 0 bridgehead atoms. The zero-order valence-electron chi connectivity index (χ0n) is 16.8. The summed E-state index contributed by atoms with van der Waals surface area (Å²) in [6, 6.07) is 19.4. The van der Waals surface area contributed by atoms with Crippen molar-refractivity contribution in [2.24, 2.45) is 0 Å². The Morgan fingerprint density at radius 2 is 1.44 bits per heavy atom. The van der Waals surface area contributed by atoms with E-state index in [2.05, 4.69) is 9.44 Å². The number of anilines is 2. The van der Waals surface area contributed by atoms with Gasteiger partial charge in [-0.3, -0.25) is 9.44 Å². The number of nitrogens with one attached hydrogen (secondary N) is 2. The van der Waals surface area contributed by atoms with Crippen LogP contribution in [0.5, 0.6) is 0 Å². The number of fused-ring (bicyclic) bond motifs is 1. The van der Waals surface area contributed by atoms with E-state index in [0.29, 0.717) is 16.6 Å². The summed E-state index contributed by atoms with van der Waals surface area (Å²) in [5.41, 5.74) is 0.650. The molecule has 0 unspecified atom stereocenters. The summed E-state index contributed by atoms with van der Waals surface area (Å²) in [6.07, 6.45) is 0. The van der Waals surface area contributed by atoms with Gasteiger partial charge in [-0.15, -0.1) is 0 Å². The molecule has 0 atom stereocenters.